The lowest BCUT2D eigenvalue weighted by Gasteiger charge is -2.17. The number of amides is 1. The van der Waals surface area contributed by atoms with Crippen LogP contribution >= 0.6 is 11.3 Å². The number of carbonyl (C=O) groups is 2. The van der Waals surface area contributed by atoms with Crippen LogP contribution in [-0.2, 0) is 11.2 Å². The van der Waals surface area contributed by atoms with Crippen LogP contribution in [0, 0.1) is 11.8 Å². The number of hydrogen-bond donors (Lipinski definition) is 3. The number of carboxylic acid groups (broad SMARTS) is 1. The van der Waals surface area contributed by atoms with Gasteiger partial charge in [0.1, 0.15) is 0 Å². The smallest absolute Gasteiger partial charge is 0.355 e. The number of carbonyl (C=O) groups excluding carboxylic acids is 1. The Morgan fingerprint density at radius 1 is 1.50 bits per heavy atom. The maximum absolute atomic E-state index is 12.0. The zero-order chi connectivity index (χ0) is 14.5. The maximum Gasteiger partial charge on any atom is 0.355 e. The lowest BCUT2D eigenvalue weighted by Crippen LogP contribution is -2.36. The molecule has 2 rings (SSSR count). The average molecular weight is 297 g/mol. The molecule has 1 fully saturated rings. The van der Waals surface area contributed by atoms with E-state index in [4.69, 9.17) is 10.8 Å². The Morgan fingerprint density at radius 2 is 2.30 bits per heavy atom. The van der Waals surface area contributed by atoms with Crippen molar-refractivity contribution in [2.75, 3.05) is 13.1 Å². The fourth-order valence-electron chi connectivity index (χ4n) is 2.61. The number of rotatable bonds is 6. The summed E-state index contributed by atoms with van der Waals surface area (Å²) in [4.78, 5) is 26.7. The van der Waals surface area contributed by atoms with Gasteiger partial charge < -0.3 is 16.2 Å². The van der Waals surface area contributed by atoms with Gasteiger partial charge in [-0.3, -0.25) is 4.79 Å². The molecule has 0 bridgehead atoms. The molecule has 0 spiro atoms. The van der Waals surface area contributed by atoms with Gasteiger partial charge in [-0.2, -0.15) is 0 Å². The molecule has 0 radical (unpaired) electrons. The molecule has 4 N–H and O–H groups in total. The lowest BCUT2D eigenvalue weighted by molar-refractivity contribution is -0.125. The highest BCUT2D eigenvalue weighted by molar-refractivity contribution is 7.09. The lowest BCUT2D eigenvalue weighted by atomic mass is 9.95. The van der Waals surface area contributed by atoms with E-state index in [1.54, 1.807) is 0 Å². The standard InChI is InChI=1S/C13H19N3O3S/c14-6-8-2-1-3-9(8)12(17)15-5-4-11-16-10(7-20-11)13(18)19/h7-9H,1-6,14H2,(H,15,17)(H,18,19). The average Bonchev–Trinajstić information content (AvgIpc) is 3.07. The van der Waals surface area contributed by atoms with Gasteiger partial charge in [-0.15, -0.1) is 11.3 Å². The number of hydrogen-bond acceptors (Lipinski definition) is 5. The Labute approximate surface area is 121 Å². The van der Waals surface area contributed by atoms with E-state index < -0.39 is 5.97 Å². The predicted molar refractivity (Wildman–Crippen MR) is 75.7 cm³/mol. The highest BCUT2D eigenvalue weighted by Crippen LogP contribution is 2.30. The highest BCUT2D eigenvalue weighted by atomic mass is 32.1. The SMILES string of the molecule is NCC1CCCC1C(=O)NCCc1nc(C(=O)O)cs1. The third kappa shape index (κ3) is 3.55. The summed E-state index contributed by atoms with van der Waals surface area (Å²) in [6.45, 7) is 1.05. The highest BCUT2D eigenvalue weighted by Gasteiger charge is 2.31. The van der Waals surface area contributed by atoms with Crippen molar-refractivity contribution in [2.45, 2.75) is 25.7 Å². The number of nitrogens with two attached hydrogens (primary N) is 1. The van der Waals surface area contributed by atoms with E-state index in [0.717, 1.165) is 24.3 Å². The molecule has 1 aliphatic rings. The summed E-state index contributed by atoms with van der Waals surface area (Å²) in [5, 5.41) is 13.9. The fraction of sp³-hybridized carbons (Fsp3) is 0.615. The van der Waals surface area contributed by atoms with E-state index in [1.807, 2.05) is 0 Å². The van der Waals surface area contributed by atoms with Crippen LogP contribution in [0.1, 0.15) is 34.8 Å². The van der Waals surface area contributed by atoms with Gasteiger partial charge in [-0.05, 0) is 25.3 Å². The molecule has 1 aromatic heterocycles. The zero-order valence-electron chi connectivity index (χ0n) is 11.2. The second-order valence-corrected chi connectivity index (χ2v) is 5.95. The Bertz CT molecular complexity index is 489. The molecular formula is C13H19N3O3S. The first kappa shape index (κ1) is 14.9. The van der Waals surface area contributed by atoms with Crippen molar-refractivity contribution in [3.05, 3.63) is 16.1 Å². The largest absolute Gasteiger partial charge is 0.476 e. The van der Waals surface area contributed by atoms with Crippen molar-refractivity contribution in [3.63, 3.8) is 0 Å². The van der Waals surface area contributed by atoms with Crippen LogP contribution in [-0.4, -0.2) is 35.1 Å². The minimum absolute atomic E-state index is 0.0332. The van der Waals surface area contributed by atoms with Gasteiger partial charge in [0.2, 0.25) is 5.91 Å². The summed E-state index contributed by atoms with van der Waals surface area (Å²) in [7, 11) is 0. The van der Waals surface area contributed by atoms with Crippen LogP contribution in [0.5, 0.6) is 0 Å². The molecule has 1 amide bonds. The van der Waals surface area contributed by atoms with Crippen molar-refractivity contribution >= 4 is 23.2 Å². The second-order valence-electron chi connectivity index (χ2n) is 5.01. The molecule has 0 aromatic carbocycles. The molecule has 6 nitrogen and oxygen atoms in total. The van der Waals surface area contributed by atoms with E-state index >= 15 is 0 Å². The van der Waals surface area contributed by atoms with Crippen LogP contribution in [0.15, 0.2) is 5.38 Å². The first-order chi connectivity index (χ1) is 9.61. The molecule has 2 atom stereocenters. The molecule has 1 heterocycles. The van der Waals surface area contributed by atoms with Crippen LogP contribution in [0.2, 0.25) is 0 Å². The molecule has 110 valence electrons. The number of nitrogens with one attached hydrogen (secondary N) is 1. The zero-order valence-corrected chi connectivity index (χ0v) is 12.0. The number of thiazole rings is 1. The summed E-state index contributed by atoms with van der Waals surface area (Å²) >= 11 is 1.30. The first-order valence-corrected chi connectivity index (χ1v) is 7.65. The predicted octanol–water partition coefficient (Wildman–Crippen LogP) is 0.875. The van der Waals surface area contributed by atoms with Crippen molar-refractivity contribution in [3.8, 4) is 0 Å². The van der Waals surface area contributed by atoms with Crippen molar-refractivity contribution in [1.29, 1.82) is 0 Å². The van der Waals surface area contributed by atoms with Gasteiger partial charge in [0.15, 0.2) is 5.69 Å². The van der Waals surface area contributed by atoms with E-state index in [-0.39, 0.29) is 17.5 Å². The normalized spacial score (nSPS) is 21.9. The molecule has 1 aromatic rings. The van der Waals surface area contributed by atoms with E-state index in [9.17, 15) is 9.59 Å². The minimum atomic E-state index is -1.02. The molecule has 1 aliphatic carbocycles. The molecule has 2 unspecified atom stereocenters. The number of aromatic carboxylic acids is 1. The van der Waals surface area contributed by atoms with Gasteiger partial charge >= 0.3 is 5.97 Å². The third-order valence-corrected chi connectivity index (χ3v) is 4.62. The molecule has 1 saturated carbocycles. The Kier molecular flexibility index (Phi) is 5.08. The topological polar surface area (TPSA) is 105 Å². The molecule has 20 heavy (non-hydrogen) atoms. The summed E-state index contributed by atoms with van der Waals surface area (Å²) in [5.74, 6) is -0.624. The fourth-order valence-corrected chi connectivity index (χ4v) is 3.38. The maximum atomic E-state index is 12.0. The number of nitrogens with zero attached hydrogens (tertiary/aromatic N) is 1. The summed E-state index contributed by atoms with van der Waals surface area (Å²) in [6.07, 6.45) is 3.56. The summed E-state index contributed by atoms with van der Waals surface area (Å²) in [5.41, 5.74) is 5.73. The first-order valence-electron chi connectivity index (χ1n) is 6.77. The van der Waals surface area contributed by atoms with Crippen molar-refractivity contribution in [2.24, 2.45) is 17.6 Å². The second kappa shape index (κ2) is 6.81. The number of aromatic nitrogens is 1. The van der Waals surface area contributed by atoms with Gasteiger partial charge in [0.25, 0.3) is 0 Å². The number of carboxylic acids is 1. The van der Waals surface area contributed by atoms with Gasteiger partial charge in [-0.25, -0.2) is 9.78 Å². The molecule has 7 heteroatoms. The van der Waals surface area contributed by atoms with Gasteiger partial charge in [-0.1, -0.05) is 6.42 Å². The Hall–Kier alpha value is -1.47. The van der Waals surface area contributed by atoms with Crippen molar-refractivity contribution < 1.29 is 14.7 Å². The third-order valence-electron chi connectivity index (χ3n) is 3.71. The summed E-state index contributed by atoms with van der Waals surface area (Å²) in [6, 6.07) is 0. The van der Waals surface area contributed by atoms with E-state index in [0.29, 0.717) is 25.4 Å². The van der Waals surface area contributed by atoms with Crippen LogP contribution in [0.3, 0.4) is 0 Å². The van der Waals surface area contributed by atoms with Gasteiger partial charge in [0, 0.05) is 24.3 Å². The monoisotopic (exact) mass is 297 g/mol. The quantitative estimate of drug-likeness (QED) is 0.722. The van der Waals surface area contributed by atoms with E-state index in [2.05, 4.69) is 10.3 Å². The Morgan fingerprint density at radius 3 is 2.95 bits per heavy atom. The molecule has 0 aliphatic heterocycles. The van der Waals surface area contributed by atoms with Crippen LogP contribution in [0.4, 0.5) is 0 Å². The van der Waals surface area contributed by atoms with Crippen LogP contribution in [0.25, 0.3) is 0 Å². The van der Waals surface area contributed by atoms with E-state index in [1.165, 1.54) is 16.7 Å². The Balaban J connectivity index is 1.77. The summed E-state index contributed by atoms with van der Waals surface area (Å²) < 4.78 is 0. The minimum Gasteiger partial charge on any atom is -0.476 e. The van der Waals surface area contributed by atoms with Crippen LogP contribution < -0.4 is 11.1 Å². The van der Waals surface area contributed by atoms with Gasteiger partial charge in [0.05, 0.1) is 5.01 Å². The molecule has 0 saturated heterocycles. The van der Waals surface area contributed by atoms with Crippen molar-refractivity contribution in [1.82, 2.24) is 10.3 Å². The molecular weight excluding hydrogens is 278 g/mol.